The first-order valence-corrected chi connectivity index (χ1v) is 7.97. The molecule has 1 fully saturated rings. The smallest absolute Gasteiger partial charge is 0.190 e. The maximum atomic E-state index is 5.95. The first-order chi connectivity index (χ1) is 9.98. The third-order valence-corrected chi connectivity index (χ3v) is 4.47. The standard InChI is InChI=1S/C15H13BrClN3S/c1-15(10-2-6-12(17)7-3-10)18-14(21)20(19-15)13-8-4-11(16)5-9-13/h2-9,19H,1H3,(H,18,21). The van der Waals surface area contributed by atoms with Crippen LogP contribution in [-0.4, -0.2) is 5.11 Å². The molecular weight excluding hydrogens is 370 g/mol. The molecule has 1 aliphatic rings. The second kappa shape index (κ2) is 5.57. The number of nitrogens with zero attached hydrogens (tertiary/aromatic N) is 1. The molecule has 3 rings (SSSR count). The Morgan fingerprint density at radius 2 is 1.71 bits per heavy atom. The number of rotatable bonds is 2. The summed E-state index contributed by atoms with van der Waals surface area (Å²) in [5, 5.41) is 6.54. The number of hydrazine groups is 1. The summed E-state index contributed by atoms with van der Waals surface area (Å²) in [5.41, 5.74) is 4.99. The van der Waals surface area contributed by atoms with E-state index < -0.39 is 5.66 Å². The van der Waals surface area contributed by atoms with Gasteiger partial charge in [0.2, 0.25) is 0 Å². The summed E-state index contributed by atoms with van der Waals surface area (Å²) in [6.45, 7) is 2.04. The van der Waals surface area contributed by atoms with Crippen LogP contribution in [-0.2, 0) is 5.66 Å². The van der Waals surface area contributed by atoms with Crippen LogP contribution in [0.4, 0.5) is 5.69 Å². The molecule has 0 spiro atoms. The highest BCUT2D eigenvalue weighted by molar-refractivity contribution is 9.10. The minimum absolute atomic E-state index is 0.464. The zero-order valence-corrected chi connectivity index (χ0v) is 14.4. The lowest BCUT2D eigenvalue weighted by atomic mass is 10.0. The highest BCUT2D eigenvalue weighted by Crippen LogP contribution is 2.28. The largest absolute Gasteiger partial charge is 0.338 e. The SMILES string of the molecule is CC1(c2ccc(Cl)cc2)NC(=S)N(c2ccc(Br)cc2)N1. The molecule has 0 aromatic heterocycles. The van der Waals surface area contributed by atoms with Gasteiger partial charge in [0.05, 0.1) is 5.69 Å². The summed E-state index contributed by atoms with van der Waals surface area (Å²) in [7, 11) is 0. The molecular formula is C15H13BrClN3S. The fourth-order valence-electron chi connectivity index (χ4n) is 2.26. The summed E-state index contributed by atoms with van der Waals surface area (Å²) >= 11 is 14.8. The Labute approximate surface area is 142 Å². The van der Waals surface area contributed by atoms with Crippen molar-refractivity contribution in [3.05, 3.63) is 63.6 Å². The molecule has 0 aliphatic carbocycles. The van der Waals surface area contributed by atoms with Gasteiger partial charge in [-0.25, -0.2) is 5.01 Å². The maximum Gasteiger partial charge on any atom is 0.190 e. The maximum absolute atomic E-state index is 5.95. The van der Waals surface area contributed by atoms with E-state index in [2.05, 4.69) is 26.7 Å². The van der Waals surface area contributed by atoms with Gasteiger partial charge < -0.3 is 5.32 Å². The van der Waals surface area contributed by atoms with Gasteiger partial charge in [0.1, 0.15) is 5.66 Å². The van der Waals surface area contributed by atoms with Crippen LogP contribution < -0.4 is 15.8 Å². The Hall–Kier alpha value is -1.14. The molecule has 21 heavy (non-hydrogen) atoms. The zero-order valence-electron chi connectivity index (χ0n) is 11.2. The molecule has 108 valence electrons. The van der Waals surface area contributed by atoms with Crippen LogP contribution in [0.1, 0.15) is 12.5 Å². The lowest BCUT2D eigenvalue weighted by Crippen LogP contribution is -2.45. The molecule has 1 aliphatic heterocycles. The van der Waals surface area contributed by atoms with E-state index in [1.807, 2.05) is 60.5 Å². The molecule has 2 aromatic rings. The van der Waals surface area contributed by atoms with E-state index in [0.29, 0.717) is 10.1 Å². The van der Waals surface area contributed by atoms with Crippen LogP contribution in [0.2, 0.25) is 5.02 Å². The molecule has 1 heterocycles. The average molecular weight is 383 g/mol. The van der Waals surface area contributed by atoms with E-state index in [1.54, 1.807) is 0 Å². The fourth-order valence-corrected chi connectivity index (χ4v) is 3.01. The van der Waals surface area contributed by atoms with E-state index in [0.717, 1.165) is 15.7 Å². The van der Waals surface area contributed by atoms with Crippen molar-refractivity contribution >= 4 is 50.5 Å². The number of anilines is 1. The highest BCUT2D eigenvalue weighted by Gasteiger charge is 2.37. The van der Waals surface area contributed by atoms with Gasteiger partial charge >= 0.3 is 0 Å². The van der Waals surface area contributed by atoms with E-state index >= 15 is 0 Å². The minimum Gasteiger partial charge on any atom is -0.338 e. The molecule has 1 unspecified atom stereocenters. The Kier molecular flexibility index (Phi) is 3.92. The minimum atomic E-state index is -0.464. The first kappa shape index (κ1) is 14.8. The summed E-state index contributed by atoms with van der Waals surface area (Å²) in [4.78, 5) is 0. The number of benzene rings is 2. The number of thiocarbonyl (C=S) groups is 1. The number of hydrogen-bond donors (Lipinski definition) is 2. The molecule has 2 aromatic carbocycles. The summed E-state index contributed by atoms with van der Waals surface area (Å²) in [6, 6.07) is 15.7. The van der Waals surface area contributed by atoms with Gasteiger partial charge in [-0.05, 0) is 61.1 Å². The molecule has 2 N–H and O–H groups in total. The Morgan fingerprint density at radius 1 is 1.10 bits per heavy atom. The van der Waals surface area contributed by atoms with Crippen LogP contribution in [0.5, 0.6) is 0 Å². The predicted molar refractivity (Wildman–Crippen MR) is 94.3 cm³/mol. The Bertz CT molecular complexity index is 674. The van der Waals surface area contributed by atoms with Gasteiger partial charge in [-0.15, -0.1) is 0 Å². The summed E-state index contributed by atoms with van der Waals surface area (Å²) < 4.78 is 1.03. The van der Waals surface area contributed by atoms with Crippen LogP contribution >= 0.6 is 39.7 Å². The second-order valence-electron chi connectivity index (χ2n) is 4.99. The van der Waals surface area contributed by atoms with Gasteiger partial charge in [-0.3, -0.25) is 0 Å². The Balaban J connectivity index is 1.89. The van der Waals surface area contributed by atoms with E-state index in [1.165, 1.54) is 0 Å². The molecule has 0 bridgehead atoms. The van der Waals surface area contributed by atoms with E-state index in [4.69, 9.17) is 23.8 Å². The Morgan fingerprint density at radius 3 is 2.33 bits per heavy atom. The topological polar surface area (TPSA) is 27.3 Å². The van der Waals surface area contributed by atoms with Crippen molar-refractivity contribution in [1.29, 1.82) is 0 Å². The third-order valence-electron chi connectivity index (χ3n) is 3.40. The van der Waals surface area contributed by atoms with Crippen LogP contribution in [0.25, 0.3) is 0 Å². The third kappa shape index (κ3) is 2.92. The van der Waals surface area contributed by atoms with Crippen molar-refractivity contribution < 1.29 is 0 Å². The van der Waals surface area contributed by atoms with Gasteiger partial charge in [-0.2, -0.15) is 5.43 Å². The monoisotopic (exact) mass is 381 g/mol. The summed E-state index contributed by atoms with van der Waals surface area (Å²) in [6.07, 6.45) is 0. The fraction of sp³-hybridized carbons (Fsp3) is 0.133. The molecule has 0 amide bonds. The first-order valence-electron chi connectivity index (χ1n) is 6.40. The highest BCUT2D eigenvalue weighted by atomic mass is 79.9. The predicted octanol–water partition coefficient (Wildman–Crippen LogP) is 4.17. The van der Waals surface area contributed by atoms with Crippen LogP contribution in [0.3, 0.4) is 0 Å². The van der Waals surface area contributed by atoms with Crippen LogP contribution in [0.15, 0.2) is 53.0 Å². The second-order valence-corrected chi connectivity index (χ2v) is 6.72. The molecule has 1 saturated heterocycles. The molecule has 0 saturated carbocycles. The zero-order chi connectivity index (χ0) is 15.0. The number of hydrogen-bond acceptors (Lipinski definition) is 2. The molecule has 6 heteroatoms. The van der Waals surface area contributed by atoms with Crippen molar-refractivity contribution in [2.45, 2.75) is 12.6 Å². The van der Waals surface area contributed by atoms with E-state index in [9.17, 15) is 0 Å². The van der Waals surface area contributed by atoms with Crippen molar-refractivity contribution in [3.8, 4) is 0 Å². The quantitative estimate of drug-likeness (QED) is 0.762. The van der Waals surface area contributed by atoms with Gasteiger partial charge in [0, 0.05) is 9.50 Å². The lowest BCUT2D eigenvalue weighted by Gasteiger charge is -2.26. The molecule has 1 atom stereocenters. The van der Waals surface area contributed by atoms with Crippen molar-refractivity contribution in [3.63, 3.8) is 0 Å². The number of nitrogens with one attached hydrogen (secondary N) is 2. The van der Waals surface area contributed by atoms with Crippen molar-refractivity contribution in [1.82, 2.24) is 10.7 Å². The normalized spacial score (nSPS) is 21.5. The van der Waals surface area contributed by atoms with Gasteiger partial charge in [-0.1, -0.05) is 39.7 Å². The lowest BCUT2D eigenvalue weighted by molar-refractivity contribution is 0.390. The van der Waals surface area contributed by atoms with Crippen molar-refractivity contribution in [2.75, 3.05) is 5.01 Å². The van der Waals surface area contributed by atoms with E-state index in [-0.39, 0.29) is 0 Å². The van der Waals surface area contributed by atoms with Gasteiger partial charge in [0.25, 0.3) is 0 Å². The van der Waals surface area contributed by atoms with Crippen LogP contribution in [0, 0.1) is 0 Å². The van der Waals surface area contributed by atoms with Crippen molar-refractivity contribution in [2.24, 2.45) is 0 Å². The average Bonchev–Trinajstić information content (AvgIpc) is 2.77. The molecule has 3 nitrogen and oxygen atoms in total. The number of halogens is 2. The molecule has 0 radical (unpaired) electrons. The summed E-state index contributed by atoms with van der Waals surface area (Å²) in [5.74, 6) is 0. The van der Waals surface area contributed by atoms with Gasteiger partial charge in [0.15, 0.2) is 5.11 Å².